The molecule has 3 rings (SSSR count). The Morgan fingerprint density at radius 3 is 2.76 bits per heavy atom. The molecule has 7 heteroatoms. The number of nitrogens with zero attached hydrogens (tertiary/aromatic N) is 3. The molecule has 7 nitrogen and oxygen atoms in total. The maximum absolute atomic E-state index is 12.1. The molecule has 25 heavy (non-hydrogen) atoms. The average Bonchev–Trinajstić information content (AvgIpc) is 2.68. The first kappa shape index (κ1) is 17.3. The van der Waals surface area contributed by atoms with Crippen molar-refractivity contribution >= 4 is 11.6 Å². The highest BCUT2D eigenvalue weighted by Crippen LogP contribution is 2.06. The number of pyridine rings is 2. The molecule has 0 unspecified atom stereocenters. The molecule has 2 N–H and O–H groups in total. The van der Waals surface area contributed by atoms with Gasteiger partial charge in [-0.15, -0.1) is 0 Å². The third-order valence-electron chi connectivity index (χ3n) is 4.01. The van der Waals surface area contributed by atoms with Crippen molar-refractivity contribution in [2.45, 2.75) is 6.54 Å². The third kappa shape index (κ3) is 5.51. The van der Waals surface area contributed by atoms with Crippen LogP contribution in [0.1, 0.15) is 16.2 Å². The van der Waals surface area contributed by atoms with Crippen molar-refractivity contribution in [1.82, 2.24) is 20.2 Å². The molecule has 1 saturated heterocycles. The van der Waals surface area contributed by atoms with E-state index in [1.807, 2.05) is 24.3 Å². The van der Waals surface area contributed by atoms with Crippen molar-refractivity contribution in [2.24, 2.45) is 0 Å². The first-order valence-corrected chi connectivity index (χ1v) is 8.49. The lowest BCUT2D eigenvalue weighted by atomic mass is 10.3. The number of rotatable bonds is 7. The van der Waals surface area contributed by atoms with E-state index in [0.717, 1.165) is 50.8 Å². The second kappa shape index (κ2) is 9.10. The van der Waals surface area contributed by atoms with Gasteiger partial charge in [0.1, 0.15) is 5.69 Å². The highest BCUT2D eigenvalue weighted by molar-refractivity contribution is 5.92. The van der Waals surface area contributed by atoms with Gasteiger partial charge in [0, 0.05) is 32.4 Å². The molecule has 3 heterocycles. The Morgan fingerprint density at radius 2 is 2.04 bits per heavy atom. The fourth-order valence-corrected chi connectivity index (χ4v) is 2.58. The Hall–Kier alpha value is -2.51. The van der Waals surface area contributed by atoms with Crippen LogP contribution in [-0.4, -0.2) is 60.2 Å². The van der Waals surface area contributed by atoms with Crippen LogP contribution in [0.25, 0.3) is 0 Å². The zero-order valence-electron chi connectivity index (χ0n) is 14.1. The number of hydrogen-bond acceptors (Lipinski definition) is 6. The molecule has 0 bridgehead atoms. The van der Waals surface area contributed by atoms with Crippen LogP contribution < -0.4 is 10.6 Å². The van der Waals surface area contributed by atoms with Gasteiger partial charge in [0.2, 0.25) is 0 Å². The van der Waals surface area contributed by atoms with E-state index in [-0.39, 0.29) is 5.91 Å². The maximum Gasteiger partial charge on any atom is 0.270 e. The number of amides is 1. The van der Waals surface area contributed by atoms with E-state index >= 15 is 0 Å². The molecular formula is C18H23N5O2. The number of ether oxygens (including phenoxy) is 1. The van der Waals surface area contributed by atoms with Gasteiger partial charge >= 0.3 is 0 Å². The van der Waals surface area contributed by atoms with Crippen molar-refractivity contribution in [3.05, 3.63) is 54.1 Å². The topological polar surface area (TPSA) is 79.4 Å². The first-order chi connectivity index (χ1) is 12.3. The van der Waals surface area contributed by atoms with E-state index in [1.54, 1.807) is 18.5 Å². The molecule has 0 atom stereocenters. The highest BCUT2D eigenvalue weighted by Gasteiger charge is 2.10. The van der Waals surface area contributed by atoms with Crippen molar-refractivity contribution in [1.29, 1.82) is 0 Å². The molecule has 1 fully saturated rings. The van der Waals surface area contributed by atoms with Crippen molar-refractivity contribution in [2.75, 3.05) is 44.7 Å². The first-order valence-electron chi connectivity index (χ1n) is 8.49. The van der Waals surface area contributed by atoms with Crippen LogP contribution in [0.2, 0.25) is 0 Å². The van der Waals surface area contributed by atoms with E-state index in [4.69, 9.17) is 4.74 Å². The van der Waals surface area contributed by atoms with E-state index in [9.17, 15) is 4.79 Å². The summed E-state index contributed by atoms with van der Waals surface area (Å²) in [5.41, 5.74) is 2.13. The van der Waals surface area contributed by atoms with Gasteiger partial charge in [0.25, 0.3) is 5.91 Å². The smallest absolute Gasteiger partial charge is 0.270 e. The Balaban J connectivity index is 1.42. The summed E-state index contributed by atoms with van der Waals surface area (Å²) in [5, 5.41) is 6.15. The quantitative estimate of drug-likeness (QED) is 0.786. The molecule has 0 saturated carbocycles. The maximum atomic E-state index is 12.1. The number of morpholine rings is 1. The molecule has 0 radical (unpaired) electrons. The SMILES string of the molecule is O=C(NCc1ccccn1)c1ccc(NCCN2CCOCC2)cn1. The van der Waals surface area contributed by atoms with Gasteiger partial charge in [0.15, 0.2) is 0 Å². The van der Waals surface area contributed by atoms with E-state index < -0.39 is 0 Å². The predicted octanol–water partition coefficient (Wildman–Crippen LogP) is 1.15. The van der Waals surface area contributed by atoms with Gasteiger partial charge in [-0.05, 0) is 24.3 Å². The Morgan fingerprint density at radius 1 is 1.16 bits per heavy atom. The Labute approximate surface area is 147 Å². The van der Waals surface area contributed by atoms with Crippen LogP contribution in [0.3, 0.4) is 0 Å². The van der Waals surface area contributed by atoms with Crippen LogP contribution >= 0.6 is 0 Å². The van der Waals surface area contributed by atoms with Gasteiger partial charge in [-0.1, -0.05) is 6.07 Å². The molecule has 2 aromatic rings. The number of carbonyl (C=O) groups is 1. The summed E-state index contributed by atoms with van der Waals surface area (Å²) in [6, 6.07) is 9.21. The zero-order chi connectivity index (χ0) is 17.3. The van der Waals surface area contributed by atoms with Crippen molar-refractivity contribution in [3.8, 4) is 0 Å². The molecule has 1 aliphatic rings. The average molecular weight is 341 g/mol. The molecule has 0 aromatic carbocycles. The van der Waals surface area contributed by atoms with Crippen LogP contribution in [0, 0.1) is 0 Å². The fourth-order valence-electron chi connectivity index (χ4n) is 2.58. The largest absolute Gasteiger partial charge is 0.383 e. The molecular weight excluding hydrogens is 318 g/mol. The number of hydrogen-bond donors (Lipinski definition) is 2. The van der Waals surface area contributed by atoms with Crippen LogP contribution in [0.5, 0.6) is 0 Å². The standard InChI is InChI=1S/C18H23N5O2/c24-18(22-14-15-3-1-2-6-19-15)17-5-4-16(13-21-17)20-7-8-23-9-11-25-12-10-23/h1-6,13,20H,7-12,14H2,(H,22,24). The summed E-state index contributed by atoms with van der Waals surface area (Å²) in [4.78, 5) is 22.9. The lowest BCUT2D eigenvalue weighted by Gasteiger charge is -2.26. The minimum Gasteiger partial charge on any atom is -0.383 e. The number of nitrogens with one attached hydrogen (secondary N) is 2. The van der Waals surface area contributed by atoms with Gasteiger partial charge in [0.05, 0.1) is 37.3 Å². The normalized spacial score (nSPS) is 14.9. The highest BCUT2D eigenvalue weighted by atomic mass is 16.5. The summed E-state index contributed by atoms with van der Waals surface area (Å²) in [7, 11) is 0. The molecule has 132 valence electrons. The summed E-state index contributed by atoms with van der Waals surface area (Å²) in [5.74, 6) is -0.203. The number of anilines is 1. The summed E-state index contributed by atoms with van der Waals surface area (Å²) in [6.07, 6.45) is 3.39. The van der Waals surface area contributed by atoms with E-state index in [1.165, 1.54) is 0 Å². The molecule has 0 spiro atoms. The Bertz CT molecular complexity index is 657. The second-order valence-electron chi connectivity index (χ2n) is 5.82. The minimum absolute atomic E-state index is 0.203. The van der Waals surface area contributed by atoms with Gasteiger partial charge in [-0.2, -0.15) is 0 Å². The zero-order valence-corrected chi connectivity index (χ0v) is 14.1. The van der Waals surface area contributed by atoms with Gasteiger partial charge < -0.3 is 15.4 Å². The summed E-state index contributed by atoms with van der Waals surface area (Å²) in [6.45, 7) is 5.78. The molecule has 2 aromatic heterocycles. The second-order valence-corrected chi connectivity index (χ2v) is 5.82. The van der Waals surface area contributed by atoms with E-state index in [2.05, 4.69) is 25.5 Å². The predicted molar refractivity (Wildman–Crippen MR) is 95.4 cm³/mol. The Kier molecular flexibility index (Phi) is 6.30. The summed E-state index contributed by atoms with van der Waals surface area (Å²) >= 11 is 0. The fraction of sp³-hybridized carbons (Fsp3) is 0.389. The molecule has 1 aliphatic heterocycles. The number of carbonyl (C=O) groups excluding carboxylic acids is 1. The van der Waals surface area contributed by atoms with Gasteiger partial charge in [-0.25, -0.2) is 4.98 Å². The monoisotopic (exact) mass is 341 g/mol. The molecule has 0 aliphatic carbocycles. The summed E-state index contributed by atoms with van der Waals surface area (Å²) < 4.78 is 5.33. The van der Waals surface area contributed by atoms with Crippen LogP contribution in [0.4, 0.5) is 5.69 Å². The van der Waals surface area contributed by atoms with Gasteiger partial charge in [-0.3, -0.25) is 14.7 Å². The minimum atomic E-state index is -0.203. The molecule has 1 amide bonds. The number of aromatic nitrogens is 2. The van der Waals surface area contributed by atoms with E-state index in [0.29, 0.717) is 12.2 Å². The lowest BCUT2D eigenvalue weighted by molar-refractivity contribution is 0.0398. The van der Waals surface area contributed by atoms with Crippen molar-refractivity contribution < 1.29 is 9.53 Å². The lowest BCUT2D eigenvalue weighted by Crippen LogP contribution is -2.39. The third-order valence-corrected chi connectivity index (χ3v) is 4.01. The van der Waals surface area contributed by atoms with Crippen LogP contribution in [0.15, 0.2) is 42.7 Å². The van der Waals surface area contributed by atoms with Crippen molar-refractivity contribution in [3.63, 3.8) is 0 Å². The van der Waals surface area contributed by atoms with Crippen LogP contribution in [-0.2, 0) is 11.3 Å².